The van der Waals surface area contributed by atoms with Crippen LogP contribution in [0.4, 0.5) is 0 Å². The molecule has 0 bridgehead atoms. The van der Waals surface area contributed by atoms with Gasteiger partial charge in [0.25, 0.3) is 0 Å². The van der Waals surface area contributed by atoms with Crippen molar-refractivity contribution in [2.45, 2.75) is 55.8 Å². The van der Waals surface area contributed by atoms with Crippen LogP contribution in [0.1, 0.15) is 19.3 Å². The van der Waals surface area contributed by atoms with Crippen LogP contribution in [-0.2, 0) is 4.74 Å². The second-order valence-electron chi connectivity index (χ2n) is 5.38. The van der Waals surface area contributed by atoms with E-state index in [1.807, 2.05) is 0 Å². The van der Waals surface area contributed by atoms with Crippen molar-refractivity contribution in [3.63, 3.8) is 0 Å². The lowest BCUT2D eigenvalue weighted by Crippen LogP contribution is -2.46. The van der Waals surface area contributed by atoms with E-state index in [1.54, 1.807) is 7.11 Å². The zero-order valence-corrected chi connectivity index (χ0v) is 10.6. The minimum atomic E-state index is -0.937. The summed E-state index contributed by atoms with van der Waals surface area (Å²) < 4.78 is 5.24. The molecule has 1 aliphatic heterocycles. The number of aliphatic hydroxyl groups excluding tert-OH is 4. The summed E-state index contributed by atoms with van der Waals surface area (Å²) in [5.74, 6) is 0.138. The van der Waals surface area contributed by atoms with Crippen molar-refractivity contribution in [3.8, 4) is 0 Å². The van der Waals surface area contributed by atoms with Crippen molar-refractivity contribution in [1.29, 1.82) is 0 Å². The Morgan fingerprint density at radius 3 is 2.44 bits per heavy atom. The smallest absolute Gasteiger partial charge is 0.0989 e. The van der Waals surface area contributed by atoms with E-state index >= 15 is 0 Å². The van der Waals surface area contributed by atoms with Gasteiger partial charge in [0.2, 0.25) is 0 Å². The molecule has 6 nitrogen and oxygen atoms in total. The molecular formula is C12H23NO5. The molecule has 5 N–H and O–H groups in total. The Bertz CT molecular complexity index is 277. The molecule has 0 aromatic rings. The fourth-order valence-electron chi connectivity index (χ4n) is 3.19. The van der Waals surface area contributed by atoms with Gasteiger partial charge in [-0.1, -0.05) is 0 Å². The lowest BCUT2D eigenvalue weighted by Gasteiger charge is -2.36. The quantitative estimate of drug-likeness (QED) is 0.411. The normalized spacial score (nSPS) is 49.5. The monoisotopic (exact) mass is 261 g/mol. The molecule has 1 saturated heterocycles. The van der Waals surface area contributed by atoms with Crippen molar-refractivity contribution in [2.24, 2.45) is 5.92 Å². The third-order valence-electron chi connectivity index (χ3n) is 4.34. The van der Waals surface area contributed by atoms with Gasteiger partial charge < -0.3 is 30.5 Å². The number of hydrogen-bond donors (Lipinski definition) is 5. The first-order valence-corrected chi connectivity index (χ1v) is 6.52. The van der Waals surface area contributed by atoms with E-state index in [4.69, 9.17) is 9.84 Å². The fraction of sp³-hybridized carbons (Fsp3) is 1.00. The van der Waals surface area contributed by atoms with Crippen molar-refractivity contribution < 1.29 is 25.2 Å². The van der Waals surface area contributed by atoms with E-state index in [0.717, 1.165) is 6.42 Å². The van der Waals surface area contributed by atoms with Gasteiger partial charge >= 0.3 is 0 Å². The van der Waals surface area contributed by atoms with Crippen LogP contribution in [0.2, 0.25) is 0 Å². The highest BCUT2D eigenvalue weighted by Gasteiger charge is 2.46. The highest BCUT2D eigenvalue weighted by Crippen LogP contribution is 2.33. The molecule has 2 aliphatic rings. The maximum atomic E-state index is 10.0. The van der Waals surface area contributed by atoms with E-state index in [9.17, 15) is 15.3 Å². The van der Waals surface area contributed by atoms with Crippen LogP contribution in [-0.4, -0.2) is 70.6 Å². The standard InChI is InChI=1S/C12H23NO5/c1-18-9-4-6(2-3-8(9)15)10-12(17)11(16)7(5-14)13-10/h6-17H,2-5H2,1H3/t6?,7-,8?,9?,10-,11-,12-/m1/s1. The second kappa shape index (κ2) is 5.81. The van der Waals surface area contributed by atoms with Gasteiger partial charge in [0.15, 0.2) is 0 Å². The molecule has 0 amide bonds. The molecule has 3 unspecified atom stereocenters. The molecule has 0 aromatic carbocycles. The summed E-state index contributed by atoms with van der Waals surface area (Å²) in [7, 11) is 1.57. The molecule has 18 heavy (non-hydrogen) atoms. The molecule has 7 atom stereocenters. The zero-order valence-electron chi connectivity index (χ0n) is 10.6. The summed E-state index contributed by atoms with van der Waals surface area (Å²) in [6, 6.07) is -0.722. The van der Waals surface area contributed by atoms with Crippen LogP contribution in [0.15, 0.2) is 0 Å². The second-order valence-corrected chi connectivity index (χ2v) is 5.38. The van der Waals surface area contributed by atoms with Gasteiger partial charge in [0, 0.05) is 13.2 Å². The highest BCUT2D eigenvalue weighted by molar-refractivity contribution is 5.02. The lowest BCUT2D eigenvalue weighted by molar-refractivity contribution is -0.0630. The Morgan fingerprint density at radius 1 is 1.17 bits per heavy atom. The van der Waals surface area contributed by atoms with E-state index in [2.05, 4.69) is 5.32 Å². The predicted molar refractivity (Wildman–Crippen MR) is 64.0 cm³/mol. The van der Waals surface area contributed by atoms with Crippen LogP contribution >= 0.6 is 0 Å². The van der Waals surface area contributed by atoms with Crippen molar-refractivity contribution >= 4 is 0 Å². The summed E-state index contributed by atoms with van der Waals surface area (Å²) in [5, 5.41) is 41.7. The molecule has 0 radical (unpaired) electrons. The van der Waals surface area contributed by atoms with Crippen molar-refractivity contribution in [3.05, 3.63) is 0 Å². The minimum absolute atomic E-state index is 0.138. The average molecular weight is 261 g/mol. The van der Waals surface area contributed by atoms with Gasteiger partial charge in [-0.25, -0.2) is 0 Å². The zero-order chi connectivity index (χ0) is 13.3. The first kappa shape index (κ1) is 14.2. The van der Waals surface area contributed by atoms with Crippen LogP contribution < -0.4 is 5.32 Å². The highest BCUT2D eigenvalue weighted by atomic mass is 16.5. The topological polar surface area (TPSA) is 102 Å². The van der Waals surface area contributed by atoms with E-state index in [-0.39, 0.29) is 24.7 Å². The summed E-state index contributed by atoms with van der Waals surface area (Å²) in [4.78, 5) is 0. The molecule has 0 spiro atoms. The van der Waals surface area contributed by atoms with E-state index in [1.165, 1.54) is 0 Å². The minimum Gasteiger partial charge on any atom is -0.395 e. The number of aliphatic hydroxyl groups is 4. The number of hydrogen-bond acceptors (Lipinski definition) is 6. The Hall–Kier alpha value is -0.240. The Morgan fingerprint density at radius 2 is 1.89 bits per heavy atom. The largest absolute Gasteiger partial charge is 0.395 e. The number of rotatable bonds is 3. The van der Waals surface area contributed by atoms with Crippen molar-refractivity contribution in [1.82, 2.24) is 5.32 Å². The van der Waals surface area contributed by atoms with Gasteiger partial charge in [-0.2, -0.15) is 0 Å². The summed E-state index contributed by atoms with van der Waals surface area (Å²) in [5.41, 5.74) is 0. The predicted octanol–water partition coefficient (Wildman–Crippen LogP) is -1.78. The van der Waals surface area contributed by atoms with Gasteiger partial charge in [-0.3, -0.25) is 0 Å². The summed E-state index contributed by atoms with van der Waals surface area (Å²) in [6.45, 7) is -0.197. The fourth-order valence-corrected chi connectivity index (χ4v) is 3.19. The SMILES string of the molecule is COC1CC([C@H]2N[C@H](CO)[C@@H](O)[C@@H]2O)CCC1O. The maximum absolute atomic E-state index is 10.0. The third kappa shape index (κ3) is 2.54. The van der Waals surface area contributed by atoms with E-state index in [0.29, 0.717) is 12.8 Å². The van der Waals surface area contributed by atoms with Gasteiger partial charge in [0.05, 0.1) is 37.1 Å². The van der Waals surface area contributed by atoms with Crippen LogP contribution in [0.3, 0.4) is 0 Å². The first-order chi connectivity index (χ1) is 8.58. The lowest BCUT2D eigenvalue weighted by atomic mass is 9.79. The molecule has 1 heterocycles. The molecule has 1 saturated carbocycles. The molecular weight excluding hydrogens is 238 g/mol. The summed E-state index contributed by atoms with van der Waals surface area (Å²) >= 11 is 0. The molecule has 0 aromatic heterocycles. The molecule has 1 aliphatic carbocycles. The average Bonchev–Trinajstić information content (AvgIpc) is 2.67. The number of nitrogens with one attached hydrogen (secondary N) is 1. The van der Waals surface area contributed by atoms with Gasteiger partial charge in [-0.05, 0) is 25.2 Å². The molecule has 2 fully saturated rings. The van der Waals surface area contributed by atoms with Gasteiger partial charge in [0.1, 0.15) is 0 Å². The number of methoxy groups -OCH3 is 1. The summed E-state index contributed by atoms with van der Waals surface area (Å²) in [6.07, 6.45) is -0.426. The Balaban J connectivity index is 2.00. The maximum Gasteiger partial charge on any atom is 0.0989 e. The van der Waals surface area contributed by atoms with Crippen LogP contribution in [0, 0.1) is 5.92 Å². The third-order valence-corrected chi connectivity index (χ3v) is 4.34. The van der Waals surface area contributed by atoms with Gasteiger partial charge in [-0.15, -0.1) is 0 Å². The van der Waals surface area contributed by atoms with Crippen LogP contribution in [0.5, 0.6) is 0 Å². The van der Waals surface area contributed by atoms with Crippen molar-refractivity contribution in [2.75, 3.05) is 13.7 Å². The molecule has 2 rings (SSSR count). The molecule has 106 valence electrons. The number of ether oxygens (including phenoxy) is 1. The first-order valence-electron chi connectivity index (χ1n) is 6.52. The molecule has 6 heteroatoms. The van der Waals surface area contributed by atoms with Crippen LogP contribution in [0.25, 0.3) is 0 Å². The Kier molecular flexibility index (Phi) is 4.58. The van der Waals surface area contributed by atoms with E-state index < -0.39 is 24.4 Å². The Labute approximate surface area is 107 Å².